The quantitative estimate of drug-likeness (QED) is 0.561. The van der Waals surface area contributed by atoms with Gasteiger partial charge >= 0.3 is 5.97 Å². The van der Waals surface area contributed by atoms with E-state index in [-0.39, 0.29) is 5.97 Å². The molecular weight excluding hydrogens is 402 g/mol. The lowest BCUT2D eigenvalue weighted by molar-refractivity contribution is 0.00742. The zero-order chi connectivity index (χ0) is 18.8. The fraction of sp³-hybridized carbons (Fsp3) is 0.474. The molecule has 2 aromatic rings. The van der Waals surface area contributed by atoms with E-state index in [4.69, 9.17) is 9.47 Å². The van der Waals surface area contributed by atoms with Crippen molar-refractivity contribution in [3.63, 3.8) is 0 Å². The van der Waals surface area contributed by atoms with Crippen LogP contribution in [0.1, 0.15) is 50.0 Å². The van der Waals surface area contributed by atoms with Gasteiger partial charge in [0.1, 0.15) is 21.2 Å². The highest BCUT2D eigenvalue weighted by Crippen LogP contribution is 2.34. The highest BCUT2D eigenvalue weighted by molar-refractivity contribution is 9.10. The minimum Gasteiger partial charge on any atom is -0.492 e. The summed E-state index contributed by atoms with van der Waals surface area (Å²) in [6.07, 6.45) is 0. The summed E-state index contributed by atoms with van der Waals surface area (Å²) < 4.78 is 12.1. The predicted molar refractivity (Wildman–Crippen MR) is 105 cm³/mol. The summed E-state index contributed by atoms with van der Waals surface area (Å²) in [4.78, 5) is 17.4. The van der Waals surface area contributed by atoms with Crippen molar-refractivity contribution in [1.82, 2.24) is 4.98 Å². The molecule has 1 aromatic heterocycles. The van der Waals surface area contributed by atoms with E-state index in [1.165, 1.54) is 11.3 Å². The fourth-order valence-electron chi connectivity index (χ4n) is 2.04. The van der Waals surface area contributed by atoms with Crippen LogP contribution in [0.25, 0.3) is 10.6 Å². The number of carbonyl (C=O) groups excluding carboxylic acids is 1. The number of nitrogens with zero attached hydrogens (tertiary/aromatic N) is 1. The molecule has 2 rings (SSSR count). The molecule has 1 aromatic carbocycles. The van der Waals surface area contributed by atoms with Gasteiger partial charge in [-0.3, -0.25) is 0 Å². The topological polar surface area (TPSA) is 48.4 Å². The molecule has 0 amide bonds. The van der Waals surface area contributed by atoms with Crippen LogP contribution < -0.4 is 4.74 Å². The summed E-state index contributed by atoms with van der Waals surface area (Å²) in [5, 5.41) is 0.787. The van der Waals surface area contributed by atoms with Crippen LogP contribution in [0.15, 0.2) is 22.7 Å². The summed E-state index contributed by atoms with van der Waals surface area (Å²) in [6.45, 7) is 12.3. The van der Waals surface area contributed by atoms with Gasteiger partial charge in [-0.1, -0.05) is 13.8 Å². The number of thiazole rings is 1. The molecule has 0 spiro atoms. The van der Waals surface area contributed by atoms with Crippen molar-refractivity contribution in [3.8, 4) is 16.3 Å². The van der Waals surface area contributed by atoms with Crippen LogP contribution in [0, 0.1) is 12.8 Å². The monoisotopic (exact) mass is 425 g/mol. The van der Waals surface area contributed by atoms with Crippen LogP contribution in [0.2, 0.25) is 0 Å². The first-order valence-electron chi connectivity index (χ1n) is 8.20. The third-order valence-corrected chi connectivity index (χ3v) is 4.94. The Morgan fingerprint density at radius 1 is 1.32 bits per heavy atom. The number of hydrogen-bond donors (Lipinski definition) is 0. The van der Waals surface area contributed by atoms with Crippen LogP contribution in [0.3, 0.4) is 0 Å². The second-order valence-corrected chi connectivity index (χ2v) is 9.14. The largest absolute Gasteiger partial charge is 0.492 e. The van der Waals surface area contributed by atoms with Gasteiger partial charge in [0, 0.05) is 5.56 Å². The Hall–Kier alpha value is -1.40. The first-order valence-corrected chi connectivity index (χ1v) is 9.81. The highest BCUT2D eigenvalue weighted by atomic mass is 79.9. The summed E-state index contributed by atoms with van der Waals surface area (Å²) in [5.74, 6) is 0.937. The van der Waals surface area contributed by atoms with Crippen molar-refractivity contribution in [1.29, 1.82) is 0 Å². The van der Waals surface area contributed by atoms with Gasteiger partial charge < -0.3 is 9.47 Å². The molecule has 0 aliphatic rings. The third-order valence-electron chi connectivity index (χ3n) is 3.13. The molecular formula is C19H24BrNO3S. The molecule has 0 N–H and O–H groups in total. The van der Waals surface area contributed by atoms with Gasteiger partial charge in [-0.2, -0.15) is 0 Å². The highest BCUT2D eigenvalue weighted by Gasteiger charge is 2.23. The number of carbonyl (C=O) groups is 1. The molecule has 0 aliphatic heterocycles. The summed E-state index contributed by atoms with van der Waals surface area (Å²) in [6, 6.07) is 5.84. The Morgan fingerprint density at radius 3 is 2.56 bits per heavy atom. The summed E-state index contributed by atoms with van der Waals surface area (Å²) in [5.41, 5.74) is 1.10. The van der Waals surface area contributed by atoms with Crippen LogP contribution in [-0.4, -0.2) is 23.2 Å². The summed E-state index contributed by atoms with van der Waals surface area (Å²) >= 11 is 4.90. The average Bonchev–Trinajstić information content (AvgIpc) is 2.86. The Kier molecular flexibility index (Phi) is 6.27. The maximum absolute atomic E-state index is 12.3. The number of halogens is 1. The van der Waals surface area contributed by atoms with E-state index >= 15 is 0 Å². The SMILES string of the molecule is Cc1nc(-c2ccc(OCC(C)C)c(Br)c2)sc1C(=O)OC(C)(C)C. The molecule has 0 radical (unpaired) electrons. The second kappa shape index (κ2) is 7.87. The molecule has 0 aliphatic carbocycles. The molecule has 6 heteroatoms. The third kappa shape index (κ3) is 5.54. The lowest BCUT2D eigenvalue weighted by Gasteiger charge is -2.18. The molecule has 4 nitrogen and oxygen atoms in total. The van der Waals surface area contributed by atoms with Crippen molar-refractivity contribution < 1.29 is 14.3 Å². The molecule has 0 unspecified atom stereocenters. The smallest absolute Gasteiger partial charge is 0.350 e. The van der Waals surface area contributed by atoms with Crippen LogP contribution in [0.4, 0.5) is 0 Å². The molecule has 25 heavy (non-hydrogen) atoms. The van der Waals surface area contributed by atoms with Crippen LogP contribution >= 0.6 is 27.3 Å². The zero-order valence-corrected chi connectivity index (χ0v) is 17.9. The first kappa shape index (κ1) is 19.9. The molecule has 0 atom stereocenters. The Morgan fingerprint density at radius 2 is 2.00 bits per heavy atom. The van der Waals surface area contributed by atoms with Crippen molar-refractivity contribution in [2.24, 2.45) is 5.92 Å². The lowest BCUT2D eigenvalue weighted by atomic mass is 10.2. The molecule has 0 saturated heterocycles. The van der Waals surface area contributed by atoms with E-state index in [0.29, 0.717) is 23.1 Å². The molecule has 136 valence electrons. The minimum atomic E-state index is -0.522. The molecule has 0 saturated carbocycles. The van der Waals surface area contributed by atoms with E-state index in [0.717, 1.165) is 20.8 Å². The molecule has 1 heterocycles. The maximum atomic E-state index is 12.3. The van der Waals surface area contributed by atoms with Crippen LogP contribution in [-0.2, 0) is 4.74 Å². The number of benzene rings is 1. The number of aromatic nitrogens is 1. The first-order chi connectivity index (χ1) is 11.6. The second-order valence-electron chi connectivity index (χ2n) is 7.29. The number of esters is 1. The van der Waals surface area contributed by atoms with Crippen molar-refractivity contribution >= 4 is 33.2 Å². The predicted octanol–water partition coefficient (Wildman–Crippen LogP) is 5.87. The molecule has 0 bridgehead atoms. The van der Waals surface area contributed by atoms with Crippen molar-refractivity contribution in [2.45, 2.75) is 47.1 Å². The van der Waals surface area contributed by atoms with E-state index in [1.54, 1.807) is 0 Å². The molecule has 0 fully saturated rings. The van der Waals surface area contributed by atoms with Crippen molar-refractivity contribution in [2.75, 3.05) is 6.61 Å². The van der Waals surface area contributed by atoms with Crippen molar-refractivity contribution in [3.05, 3.63) is 33.2 Å². The van der Waals surface area contributed by atoms with E-state index in [9.17, 15) is 4.79 Å². The normalized spacial score (nSPS) is 11.7. The van der Waals surface area contributed by atoms with Gasteiger partial charge in [0.2, 0.25) is 0 Å². The number of ether oxygens (including phenoxy) is 2. The van der Waals surface area contributed by atoms with Gasteiger partial charge in [0.25, 0.3) is 0 Å². The van der Waals surface area contributed by atoms with E-state index in [2.05, 4.69) is 34.8 Å². The minimum absolute atomic E-state index is 0.329. The number of hydrogen-bond acceptors (Lipinski definition) is 5. The van der Waals surface area contributed by atoms with Crippen LogP contribution in [0.5, 0.6) is 5.75 Å². The summed E-state index contributed by atoms with van der Waals surface area (Å²) in [7, 11) is 0. The van der Waals surface area contributed by atoms with Gasteiger partial charge in [-0.05, 0) is 67.7 Å². The van der Waals surface area contributed by atoms with Gasteiger partial charge in [0.15, 0.2) is 0 Å². The maximum Gasteiger partial charge on any atom is 0.350 e. The Balaban J connectivity index is 2.24. The van der Waals surface area contributed by atoms with Gasteiger partial charge in [-0.15, -0.1) is 11.3 Å². The average molecular weight is 426 g/mol. The Bertz CT molecular complexity index is 763. The van der Waals surface area contributed by atoms with Gasteiger partial charge in [0.05, 0.1) is 16.8 Å². The standard InChI is InChI=1S/C19H24BrNO3S/c1-11(2)10-23-15-8-7-13(9-14(15)20)17-21-12(3)16(25-17)18(22)24-19(4,5)6/h7-9,11H,10H2,1-6H3. The Labute approximate surface area is 161 Å². The van der Waals surface area contributed by atoms with E-state index < -0.39 is 5.60 Å². The lowest BCUT2D eigenvalue weighted by Crippen LogP contribution is -2.23. The van der Waals surface area contributed by atoms with E-state index in [1.807, 2.05) is 45.9 Å². The fourth-order valence-corrected chi connectivity index (χ4v) is 3.47. The number of rotatable bonds is 5. The zero-order valence-electron chi connectivity index (χ0n) is 15.5. The van der Waals surface area contributed by atoms with Gasteiger partial charge in [-0.25, -0.2) is 9.78 Å². The number of aryl methyl sites for hydroxylation is 1.